The average molecular weight is 890 g/mol. The zero-order valence-electron chi connectivity index (χ0n) is 38.2. The van der Waals surface area contributed by atoms with Crippen molar-refractivity contribution in [2.75, 3.05) is 0 Å². The Bertz CT molecular complexity index is 3880. The van der Waals surface area contributed by atoms with Crippen LogP contribution in [0.2, 0.25) is 0 Å². The highest BCUT2D eigenvalue weighted by Gasteiger charge is 2.46. The maximum atomic E-state index is 10.7. The van der Waals surface area contributed by atoms with E-state index in [1.54, 1.807) is 0 Å². The average Bonchev–Trinajstić information content (AvgIpc) is 3.93. The van der Waals surface area contributed by atoms with Crippen molar-refractivity contribution in [3.63, 3.8) is 0 Å². The second-order valence-corrected chi connectivity index (χ2v) is 18.2. The van der Waals surface area contributed by atoms with E-state index in [-0.39, 0.29) is 0 Å². The van der Waals surface area contributed by atoms with Crippen LogP contribution < -0.4 is 0 Å². The standard InChI is InChI=1S/C67H43N3/c68-44-52-36-48(34-35-56(52)46-22-8-2-9-23-46)49-37-51(64-41-50(45-20-6-1-7-21-45)40-63(69-64)47-24-10-3-11-25-47)39-55(38-49)70-65-33-19-17-31-58(65)60-42-59-57-30-16-18-32-61(57)67(62(59)43-66(60)70,53-26-12-4-13-27-53)54-28-14-5-15-29-54/h1-43H. The SMILES string of the molecule is N#Cc1cc(-c2cc(-c3cc(-c4ccccc4)cc(-c4ccccc4)n3)cc(-n3c4ccccc4c4cc5c(cc43)C(c3ccccc3)(c3ccccc3)c3ccccc3-5)c2)ccc1-c1ccccc1. The molecule has 12 aromatic rings. The summed E-state index contributed by atoms with van der Waals surface area (Å²) in [5.74, 6) is 0. The summed E-state index contributed by atoms with van der Waals surface area (Å²) in [6.45, 7) is 0. The highest BCUT2D eigenvalue weighted by molar-refractivity contribution is 6.12. The molecule has 0 radical (unpaired) electrons. The summed E-state index contributed by atoms with van der Waals surface area (Å²) in [4.78, 5) is 5.46. The van der Waals surface area contributed by atoms with Gasteiger partial charge in [0.1, 0.15) is 0 Å². The Hall–Kier alpha value is -9.36. The van der Waals surface area contributed by atoms with Gasteiger partial charge in [0.2, 0.25) is 0 Å². The van der Waals surface area contributed by atoms with Gasteiger partial charge < -0.3 is 4.57 Å². The molecular weight excluding hydrogens is 847 g/mol. The minimum atomic E-state index is -0.569. The number of fused-ring (bicyclic) bond motifs is 6. The van der Waals surface area contributed by atoms with E-state index in [1.807, 2.05) is 30.3 Å². The highest BCUT2D eigenvalue weighted by Crippen LogP contribution is 2.57. The van der Waals surface area contributed by atoms with E-state index in [0.29, 0.717) is 5.56 Å². The quantitative estimate of drug-likeness (QED) is 0.153. The number of pyridine rings is 1. The van der Waals surface area contributed by atoms with E-state index >= 15 is 0 Å². The Morgan fingerprint density at radius 3 is 1.59 bits per heavy atom. The van der Waals surface area contributed by atoms with Gasteiger partial charge in [0, 0.05) is 27.6 Å². The molecule has 13 rings (SSSR count). The van der Waals surface area contributed by atoms with Gasteiger partial charge >= 0.3 is 0 Å². The zero-order chi connectivity index (χ0) is 46.6. The fourth-order valence-corrected chi connectivity index (χ4v) is 11.2. The van der Waals surface area contributed by atoms with Gasteiger partial charge in [0.05, 0.1) is 39.5 Å². The third-order valence-electron chi connectivity index (χ3n) is 14.3. The molecule has 326 valence electrons. The molecule has 1 aliphatic rings. The van der Waals surface area contributed by atoms with E-state index in [2.05, 4.69) is 241 Å². The predicted molar refractivity (Wildman–Crippen MR) is 288 cm³/mol. The van der Waals surface area contributed by atoms with E-state index in [1.165, 1.54) is 44.2 Å². The summed E-state index contributed by atoms with van der Waals surface area (Å²) in [5, 5.41) is 13.0. The Kier molecular flexibility index (Phi) is 9.78. The first-order chi connectivity index (χ1) is 34.7. The lowest BCUT2D eigenvalue weighted by molar-refractivity contribution is 0.769. The van der Waals surface area contributed by atoms with Crippen LogP contribution in [0.3, 0.4) is 0 Å². The van der Waals surface area contributed by atoms with Crippen LogP contribution in [0.15, 0.2) is 261 Å². The molecule has 0 unspecified atom stereocenters. The Morgan fingerprint density at radius 1 is 0.343 bits per heavy atom. The van der Waals surface area contributed by atoms with E-state index in [9.17, 15) is 5.26 Å². The Balaban J connectivity index is 1.11. The predicted octanol–water partition coefficient (Wildman–Crippen LogP) is 16.7. The van der Waals surface area contributed by atoms with Crippen molar-refractivity contribution in [2.24, 2.45) is 0 Å². The van der Waals surface area contributed by atoms with E-state index in [4.69, 9.17) is 4.98 Å². The summed E-state index contributed by atoms with van der Waals surface area (Å²) in [5.41, 5.74) is 20.6. The van der Waals surface area contributed by atoms with Crippen molar-refractivity contribution >= 4 is 21.8 Å². The van der Waals surface area contributed by atoms with Crippen LogP contribution in [0.5, 0.6) is 0 Å². The largest absolute Gasteiger partial charge is 0.309 e. The van der Waals surface area contributed by atoms with Gasteiger partial charge in [-0.15, -0.1) is 0 Å². The molecule has 2 aromatic heterocycles. The molecular formula is C67H43N3. The fraction of sp³-hybridized carbons (Fsp3) is 0.0149. The van der Waals surface area contributed by atoms with Crippen molar-refractivity contribution < 1.29 is 0 Å². The molecule has 0 N–H and O–H groups in total. The molecule has 0 saturated carbocycles. The number of para-hydroxylation sites is 1. The normalized spacial score (nSPS) is 12.4. The smallest absolute Gasteiger partial charge is 0.0998 e. The molecule has 0 saturated heterocycles. The first kappa shape index (κ1) is 40.9. The lowest BCUT2D eigenvalue weighted by Crippen LogP contribution is -2.28. The zero-order valence-corrected chi connectivity index (χ0v) is 38.2. The van der Waals surface area contributed by atoms with Crippen LogP contribution in [0.25, 0.3) is 94.5 Å². The number of rotatable bonds is 8. The summed E-state index contributed by atoms with van der Waals surface area (Å²) in [6, 6.07) is 95.9. The third kappa shape index (κ3) is 6.61. The maximum absolute atomic E-state index is 10.7. The van der Waals surface area contributed by atoms with Gasteiger partial charge in [-0.2, -0.15) is 5.26 Å². The van der Waals surface area contributed by atoms with Gasteiger partial charge in [-0.3, -0.25) is 0 Å². The lowest BCUT2D eigenvalue weighted by atomic mass is 9.67. The molecule has 1 aliphatic carbocycles. The minimum Gasteiger partial charge on any atom is -0.309 e. The molecule has 0 fully saturated rings. The molecule has 0 aliphatic heterocycles. The van der Waals surface area contributed by atoms with Gasteiger partial charge in [0.15, 0.2) is 0 Å². The van der Waals surface area contributed by atoms with Crippen LogP contribution >= 0.6 is 0 Å². The van der Waals surface area contributed by atoms with Crippen molar-refractivity contribution in [3.05, 3.63) is 289 Å². The van der Waals surface area contributed by atoms with Crippen molar-refractivity contribution in [2.45, 2.75) is 5.41 Å². The third-order valence-corrected chi connectivity index (χ3v) is 14.3. The summed E-state index contributed by atoms with van der Waals surface area (Å²) < 4.78 is 2.45. The van der Waals surface area contributed by atoms with Gasteiger partial charge in [-0.25, -0.2) is 4.98 Å². The van der Waals surface area contributed by atoms with Crippen molar-refractivity contribution in [3.8, 4) is 78.8 Å². The van der Waals surface area contributed by atoms with Crippen molar-refractivity contribution in [1.29, 1.82) is 5.26 Å². The molecule has 0 amide bonds. The van der Waals surface area contributed by atoms with Crippen LogP contribution in [0, 0.1) is 11.3 Å². The Labute approximate surface area is 407 Å². The summed E-state index contributed by atoms with van der Waals surface area (Å²) in [7, 11) is 0. The number of benzene rings is 10. The van der Waals surface area contributed by atoms with Crippen molar-refractivity contribution in [1.82, 2.24) is 9.55 Å². The minimum absolute atomic E-state index is 0.569. The number of hydrogen-bond donors (Lipinski definition) is 0. The topological polar surface area (TPSA) is 41.6 Å². The first-order valence-corrected chi connectivity index (χ1v) is 23.8. The monoisotopic (exact) mass is 889 g/mol. The summed E-state index contributed by atoms with van der Waals surface area (Å²) in [6.07, 6.45) is 0. The fourth-order valence-electron chi connectivity index (χ4n) is 11.2. The molecule has 70 heavy (non-hydrogen) atoms. The number of nitrogens with zero attached hydrogens (tertiary/aromatic N) is 3. The van der Waals surface area contributed by atoms with Crippen LogP contribution in [-0.2, 0) is 5.41 Å². The van der Waals surface area contributed by atoms with Crippen LogP contribution in [0.4, 0.5) is 0 Å². The molecule has 0 bridgehead atoms. The second kappa shape index (κ2) is 16.8. The van der Waals surface area contributed by atoms with Gasteiger partial charge in [0.25, 0.3) is 0 Å². The molecule has 2 heterocycles. The maximum Gasteiger partial charge on any atom is 0.0998 e. The van der Waals surface area contributed by atoms with Crippen LogP contribution in [-0.4, -0.2) is 9.55 Å². The van der Waals surface area contributed by atoms with Gasteiger partial charge in [-0.1, -0.05) is 206 Å². The van der Waals surface area contributed by atoms with E-state index < -0.39 is 5.41 Å². The second-order valence-electron chi connectivity index (χ2n) is 18.2. The molecule has 10 aromatic carbocycles. The number of hydrogen-bond acceptors (Lipinski definition) is 2. The number of aromatic nitrogens is 2. The lowest BCUT2D eigenvalue weighted by Gasteiger charge is -2.34. The van der Waals surface area contributed by atoms with E-state index in [0.717, 1.165) is 72.6 Å². The Morgan fingerprint density at radius 2 is 0.900 bits per heavy atom. The molecule has 0 atom stereocenters. The molecule has 0 spiro atoms. The molecule has 3 heteroatoms. The highest BCUT2D eigenvalue weighted by atomic mass is 15.0. The summed E-state index contributed by atoms with van der Waals surface area (Å²) >= 11 is 0. The molecule has 3 nitrogen and oxygen atoms in total. The first-order valence-electron chi connectivity index (χ1n) is 23.8. The van der Waals surface area contributed by atoms with Gasteiger partial charge in [-0.05, 0) is 121 Å². The van der Waals surface area contributed by atoms with Crippen LogP contribution in [0.1, 0.15) is 27.8 Å². The number of nitriles is 1.